The average molecular weight is 198 g/mol. The predicted octanol–water partition coefficient (Wildman–Crippen LogP) is 1.66. The summed E-state index contributed by atoms with van der Waals surface area (Å²) < 4.78 is 30.2. The van der Waals surface area contributed by atoms with Gasteiger partial charge in [0, 0.05) is 0 Å². The molecule has 70 valence electrons. The first-order chi connectivity index (χ1) is 6.04. The lowest BCUT2D eigenvalue weighted by Crippen LogP contribution is -1.98. The summed E-state index contributed by atoms with van der Waals surface area (Å²) in [5.74, 6) is 0. The molecule has 0 atom stereocenters. The number of hydrogen-bond donors (Lipinski definition) is 1. The molecular formula is C9H10O3S. The van der Waals surface area contributed by atoms with E-state index in [2.05, 4.69) is 6.58 Å². The third-order valence-corrected chi connectivity index (χ3v) is 2.43. The smallest absolute Gasteiger partial charge is 0.282 e. The molecule has 1 aromatic rings. The van der Waals surface area contributed by atoms with Crippen molar-refractivity contribution in [1.82, 2.24) is 0 Å². The number of benzene rings is 1. The summed E-state index contributed by atoms with van der Waals surface area (Å²) in [4.78, 5) is -0.0770. The molecule has 13 heavy (non-hydrogen) atoms. The van der Waals surface area contributed by atoms with Crippen molar-refractivity contribution in [1.29, 1.82) is 0 Å². The normalized spacial score (nSPS) is 11.2. The molecule has 0 heterocycles. The topological polar surface area (TPSA) is 54.4 Å². The molecule has 4 heteroatoms. The molecule has 0 bridgehead atoms. The van der Waals surface area contributed by atoms with Crippen LogP contribution in [0.2, 0.25) is 0 Å². The summed E-state index contributed by atoms with van der Waals surface area (Å²) in [6.45, 7) is 3.54. The largest absolute Gasteiger partial charge is 0.294 e. The minimum absolute atomic E-state index is 0.0770. The molecule has 3 nitrogen and oxygen atoms in total. The van der Waals surface area contributed by atoms with Gasteiger partial charge in [-0.2, -0.15) is 8.42 Å². The summed E-state index contributed by atoms with van der Waals surface area (Å²) in [5, 5.41) is 0. The summed E-state index contributed by atoms with van der Waals surface area (Å²) in [5.41, 5.74) is 0.810. The Morgan fingerprint density at radius 1 is 1.46 bits per heavy atom. The maximum absolute atomic E-state index is 10.7. The first kappa shape index (κ1) is 9.95. The molecule has 0 saturated carbocycles. The Morgan fingerprint density at radius 3 is 2.69 bits per heavy atom. The van der Waals surface area contributed by atoms with Crippen LogP contribution in [-0.4, -0.2) is 13.0 Å². The van der Waals surface area contributed by atoms with Crippen LogP contribution in [-0.2, 0) is 16.5 Å². The van der Waals surface area contributed by atoms with Gasteiger partial charge in [-0.1, -0.05) is 18.2 Å². The molecule has 0 spiro atoms. The van der Waals surface area contributed by atoms with E-state index in [1.807, 2.05) is 0 Å². The van der Waals surface area contributed by atoms with Crippen molar-refractivity contribution in [3.8, 4) is 0 Å². The Bertz CT molecular complexity index is 407. The van der Waals surface area contributed by atoms with Gasteiger partial charge < -0.3 is 0 Å². The summed E-state index contributed by atoms with van der Waals surface area (Å²) >= 11 is 0. The van der Waals surface area contributed by atoms with Crippen molar-refractivity contribution in [2.75, 3.05) is 0 Å². The van der Waals surface area contributed by atoms with Gasteiger partial charge in [-0.15, -0.1) is 6.58 Å². The van der Waals surface area contributed by atoms with Crippen LogP contribution in [0.3, 0.4) is 0 Å². The highest BCUT2D eigenvalue weighted by molar-refractivity contribution is 7.85. The monoisotopic (exact) mass is 198 g/mol. The fourth-order valence-electron chi connectivity index (χ4n) is 1.000. The summed E-state index contributed by atoms with van der Waals surface area (Å²) in [7, 11) is -4.08. The van der Waals surface area contributed by atoms with E-state index in [0.717, 1.165) is 5.56 Å². The molecule has 0 amide bonds. The van der Waals surface area contributed by atoms with Crippen molar-refractivity contribution in [2.45, 2.75) is 11.3 Å². The second kappa shape index (κ2) is 3.72. The van der Waals surface area contributed by atoms with Gasteiger partial charge in [0.1, 0.15) is 0 Å². The summed E-state index contributed by atoms with van der Waals surface area (Å²) in [6.07, 6.45) is 2.26. The van der Waals surface area contributed by atoms with Crippen LogP contribution in [0.5, 0.6) is 0 Å². The van der Waals surface area contributed by atoms with E-state index in [9.17, 15) is 8.42 Å². The van der Waals surface area contributed by atoms with Crippen LogP contribution < -0.4 is 0 Å². The predicted molar refractivity (Wildman–Crippen MR) is 50.2 cm³/mol. The van der Waals surface area contributed by atoms with Crippen LogP contribution in [0.15, 0.2) is 41.8 Å². The van der Waals surface area contributed by atoms with E-state index in [-0.39, 0.29) is 4.90 Å². The minimum Gasteiger partial charge on any atom is -0.282 e. The van der Waals surface area contributed by atoms with Gasteiger partial charge in [0.2, 0.25) is 0 Å². The molecule has 0 saturated heterocycles. The molecule has 0 aliphatic carbocycles. The van der Waals surface area contributed by atoms with Gasteiger partial charge in [0.15, 0.2) is 0 Å². The molecule has 0 aromatic heterocycles. The average Bonchev–Trinajstić information content (AvgIpc) is 2.04. The van der Waals surface area contributed by atoms with Crippen molar-refractivity contribution >= 4 is 10.1 Å². The van der Waals surface area contributed by atoms with Crippen molar-refractivity contribution in [2.24, 2.45) is 0 Å². The Labute approximate surface area is 77.5 Å². The summed E-state index contributed by atoms with van der Waals surface area (Å²) in [6, 6.07) is 6.14. The fraction of sp³-hybridized carbons (Fsp3) is 0.111. The quantitative estimate of drug-likeness (QED) is 0.593. The van der Waals surface area contributed by atoms with Gasteiger partial charge >= 0.3 is 0 Å². The highest BCUT2D eigenvalue weighted by atomic mass is 32.2. The van der Waals surface area contributed by atoms with E-state index >= 15 is 0 Å². The Balaban J connectivity index is 3.13. The van der Waals surface area contributed by atoms with Crippen LogP contribution in [0.1, 0.15) is 5.56 Å². The van der Waals surface area contributed by atoms with Gasteiger partial charge in [-0.25, -0.2) is 0 Å². The lowest BCUT2D eigenvalue weighted by molar-refractivity contribution is 0.483. The zero-order valence-electron chi connectivity index (χ0n) is 6.97. The van der Waals surface area contributed by atoms with Crippen molar-refractivity contribution in [3.63, 3.8) is 0 Å². The van der Waals surface area contributed by atoms with Gasteiger partial charge in [0.05, 0.1) is 4.90 Å². The molecule has 1 aromatic carbocycles. The van der Waals surface area contributed by atoms with Crippen LogP contribution in [0, 0.1) is 0 Å². The van der Waals surface area contributed by atoms with Crippen LogP contribution in [0.25, 0.3) is 0 Å². The highest BCUT2D eigenvalue weighted by Crippen LogP contribution is 2.11. The molecular weight excluding hydrogens is 188 g/mol. The lowest BCUT2D eigenvalue weighted by Gasteiger charge is -1.99. The van der Waals surface area contributed by atoms with Gasteiger partial charge in [0.25, 0.3) is 10.1 Å². The first-order valence-corrected chi connectivity index (χ1v) is 5.15. The Hall–Kier alpha value is -1.13. The van der Waals surface area contributed by atoms with E-state index in [1.54, 1.807) is 18.2 Å². The standard InChI is InChI=1S/C9H10O3S/c1-2-4-8-5-3-6-9(7-8)13(10,11)12/h2-3,5-7H,1,4H2,(H,10,11,12). The van der Waals surface area contributed by atoms with E-state index in [1.165, 1.54) is 12.1 Å². The highest BCUT2D eigenvalue weighted by Gasteiger charge is 2.08. The zero-order chi connectivity index (χ0) is 9.90. The van der Waals surface area contributed by atoms with Crippen molar-refractivity contribution < 1.29 is 13.0 Å². The number of hydrogen-bond acceptors (Lipinski definition) is 2. The van der Waals surface area contributed by atoms with E-state index < -0.39 is 10.1 Å². The maximum Gasteiger partial charge on any atom is 0.294 e. The fourth-order valence-corrected chi connectivity index (χ4v) is 1.55. The molecule has 0 fully saturated rings. The number of allylic oxidation sites excluding steroid dienone is 1. The van der Waals surface area contributed by atoms with Crippen LogP contribution in [0.4, 0.5) is 0 Å². The SMILES string of the molecule is C=CCc1cccc(S(=O)(=O)O)c1. The molecule has 0 aliphatic rings. The first-order valence-electron chi connectivity index (χ1n) is 3.71. The Morgan fingerprint density at radius 2 is 2.15 bits per heavy atom. The molecule has 1 N–H and O–H groups in total. The minimum atomic E-state index is -4.08. The Kier molecular flexibility index (Phi) is 2.85. The van der Waals surface area contributed by atoms with Crippen LogP contribution >= 0.6 is 0 Å². The third-order valence-electron chi connectivity index (χ3n) is 1.58. The van der Waals surface area contributed by atoms with Gasteiger partial charge in [-0.3, -0.25) is 4.55 Å². The molecule has 0 radical (unpaired) electrons. The van der Waals surface area contributed by atoms with E-state index in [0.29, 0.717) is 6.42 Å². The lowest BCUT2D eigenvalue weighted by atomic mass is 10.2. The third kappa shape index (κ3) is 2.68. The molecule has 1 rings (SSSR count). The van der Waals surface area contributed by atoms with Crippen molar-refractivity contribution in [3.05, 3.63) is 42.5 Å². The number of rotatable bonds is 3. The van der Waals surface area contributed by atoms with E-state index in [4.69, 9.17) is 4.55 Å². The second-order valence-corrected chi connectivity index (χ2v) is 4.04. The molecule has 0 aliphatic heterocycles. The zero-order valence-corrected chi connectivity index (χ0v) is 7.79. The second-order valence-electron chi connectivity index (χ2n) is 2.62. The molecule has 0 unspecified atom stereocenters. The maximum atomic E-state index is 10.7. The van der Waals surface area contributed by atoms with Gasteiger partial charge in [-0.05, 0) is 24.1 Å².